The molecule has 4 rings (SSSR count). The van der Waals surface area contributed by atoms with E-state index in [2.05, 4.69) is 31.8 Å². The van der Waals surface area contributed by atoms with Crippen molar-refractivity contribution >= 4 is 28.3 Å². The first-order valence-corrected chi connectivity index (χ1v) is 9.30. The zero-order valence-corrected chi connectivity index (χ0v) is 14.5. The van der Waals surface area contributed by atoms with Crippen LogP contribution in [0.4, 0.5) is 0 Å². The topological polar surface area (TPSA) is 63.0 Å². The minimum Gasteiger partial charge on any atom is -0.345 e. The number of aryl methyl sites for hydroxylation is 1. The van der Waals surface area contributed by atoms with E-state index < -0.39 is 0 Å². The molecule has 1 saturated carbocycles. The molecule has 0 unspecified atom stereocenters. The summed E-state index contributed by atoms with van der Waals surface area (Å²) in [5, 5.41) is 2.92. The molecule has 0 radical (unpaired) electrons. The maximum absolute atomic E-state index is 12.7. The molecule has 1 fully saturated rings. The van der Waals surface area contributed by atoms with Crippen LogP contribution in [0, 0.1) is 6.92 Å². The minimum atomic E-state index is -0.208. The molecule has 1 aliphatic carbocycles. The number of fused-ring (bicyclic) bond motifs is 1. The quantitative estimate of drug-likeness (QED) is 0.767. The molecule has 0 aromatic carbocycles. The van der Waals surface area contributed by atoms with E-state index in [9.17, 15) is 4.79 Å². The fraction of sp³-hybridized carbons (Fsp3) is 0.389. The zero-order valence-electron chi connectivity index (χ0n) is 13.7. The molecule has 0 bridgehead atoms. The number of H-pyrrole nitrogens is 1. The summed E-state index contributed by atoms with van der Waals surface area (Å²) in [7, 11) is 0. The smallest absolute Gasteiger partial charge is 0.281 e. The Morgan fingerprint density at radius 1 is 1.38 bits per heavy atom. The van der Waals surface area contributed by atoms with E-state index in [4.69, 9.17) is 0 Å². The Hall–Kier alpha value is -2.21. The predicted octanol–water partition coefficient (Wildman–Crippen LogP) is 3.98. The molecule has 0 spiro atoms. The Bertz CT molecular complexity index is 943. The number of amides is 1. The number of hydrogen-bond donors (Lipinski definition) is 1. The minimum absolute atomic E-state index is 0.208. The van der Waals surface area contributed by atoms with Crippen molar-refractivity contribution in [1.29, 1.82) is 0 Å². The SMILES string of the molecule is Cc1cs/c(=N\C(=O)c2c[nH]c3ncccc23)n1C1CCCCC1. The maximum atomic E-state index is 12.7. The van der Waals surface area contributed by atoms with Gasteiger partial charge in [-0.05, 0) is 31.9 Å². The second-order valence-electron chi connectivity index (χ2n) is 6.34. The normalized spacial score (nSPS) is 16.8. The summed E-state index contributed by atoms with van der Waals surface area (Å²) in [4.78, 5) is 25.2. The van der Waals surface area contributed by atoms with Crippen molar-refractivity contribution < 1.29 is 4.79 Å². The highest BCUT2D eigenvalue weighted by molar-refractivity contribution is 7.07. The van der Waals surface area contributed by atoms with Gasteiger partial charge in [0.15, 0.2) is 4.80 Å². The third-order valence-electron chi connectivity index (χ3n) is 4.74. The van der Waals surface area contributed by atoms with Crippen molar-refractivity contribution in [3.8, 4) is 0 Å². The lowest BCUT2D eigenvalue weighted by Crippen LogP contribution is -2.25. The summed E-state index contributed by atoms with van der Waals surface area (Å²) in [6.45, 7) is 2.10. The van der Waals surface area contributed by atoms with Gasteiger partial charge in [0.1, 0.15) is 5.65 Å². The lowest BCUT2D eigenvalue weighted by molar-refractivity contribution is 0.0999. The summed E-state index contributed by atoms with van der Waals surface area (Å²) in [6.07, 6.45) is 9.60. The molecule has 3 heterocycles. The highest BCUT2D eigenvalue weighted by atomic mass is 32.1. The van der Waals surface area contributed by atoms with Crippen molar-refractivity contribution in [1.82, 2.24) is 14.5 Å². The van der Waals surface area contributed by atoms with Crippen LogP contribution < -0.4 is 4.80 Å². The third kappa shape index (κ3) is 2.71. The molecule has 1 amide bonds. The Labute approximate surface area is 144 Å². The molecular weight excluding hydrogens is 320 g/mol. The molecule has 3 aromatic rings. The first-order chi connectivity index (χ1) is 11.7. The maximum Gasteiger partial charge on any atom is 0.281 e. The van der Waals surface area contributed by atoms with Crippen molar-refractivity contribution in [3.63, 3.8) is 0 Å². The van der Waals surface area contributed by atoms with Crippen molar-refractivity contribution in [2.45, 2.75) is 45.1 Å². The molecule has 1 aliphatic rings. The van der Waals surface area contributed by atoms with Crippen LogP contribution in [0.1, 0.15) is 54.2 Å². The Kier molecular flexibility index (Phi) is 4.06. The van der Waals surface area contributed by atoms with Gasteiger partial charge in [0.25, 0.3) is 5.91 Å². The van der Waals surface area contributed by atoms with Crippen LogP contribution >= 0.6 is 11.3 Å². The van der Waals surface area contributed by atoms with Crippen LogP contribution in [0.5, 0.6) is 0 Å². The molecular formula is C18H20N4OS. The van der Waals surface area contributed by atoms with Crippen LogP contribution in [0.2, 0.25) is 0 Å². The average molecular weight is 340 g/mol. The monoisotopic (exact) mass is 340 g/mol. The second kappa shape index (κ2) is 6.36. The van der Waals surface area contributed by atoms with Crippen molar-refractivity contribution in [2.24, 2.45) is 4.99 Å². The van der Waals surface area contributed by atoms with Crippen LogP contribution in [0.25, 0.3) is 11.0 Å². The summed E-state index contributed by atoms with van der Waals surface area (Å²) in [5.74, 6) is -0.208. The van der Waals surface area contributed by atoms with E-state index >= 15 is 0 Å². The molecule has 5 nitrogen and oxygen atoms in total. The number of aromatic amines is 1. The molecule has 0 aliphatic heterocycles. The largest absolute Gasteiger partial charge is 0.345 e. The van der Waals surface area contributed by atoms with Crippen molar-refractivity contribution in [3.05, 3.63) is 46.0 Å². The number of aromatic nitrogens is 3. The molecule has 3 aromatic heterocycles. The summed E-state index contributed by atoms with van der Waals surface area (Å²) < 4.78 is 2.26. The van der Waals surface area contributed by atoms with Gasteiger partial charge in [-0.1, -0.05) is 19.3 Å². The first-order valence-electron chi connectivity index (χ1n) is 8.42. The van der Waals surface area contributed by atoms with Gasteiger partial charge in [0.05, 0.1) is 5.56 Å². The third-order valence-corrected chi connectivity index (χ3v) is 5.70. The number of nitrogens with one attached hydrogen (secondary N) is 1. The van der Waals surface area contributed by atoms with Crippen LogP contribution in [-0.4, -0.2) is 20.4 Å². The average Bonchev–Trinajstić information content (AvgIpc) is 3.19. The molecule has 124 valence electrons. The number of carbonyl (C=O) groups is 1. The molecule has 24 heavy (non-hydrogen) atoms. The van der Waals surface area contributed by atoms with Gasteiger partial charge in [-0.3, -0.25) is 4.79 Å². The van der Waals surface area contributed by atoms with E-state index in [1.807, 2.05) is 12.1 Å². The van der Waals surface area contributed by atoms with Gasteiger partial charge >= 0.3 is 0 Å². The number of nitrogens with zero attached hydrogens (tertiary/aromatic N) is 3. The fourth-order valence-electron chi connectivity index (χ4n) is 3.55. The Morgan fingerprint density at radius 2 is 2.21 bits per heavy atom. The molecule has 0 saturated heterocycles. The number of pyridine rings is 1. The van der Waals surface area contributed by atoms with Crippen LogP contribution in [0.15, 0.2) is 34.9 Å². The zero-order chi connectivity index (χ0) is 16.5. The van der Waals surface area contributed by atoms with Gasteiger partial charge in [-0.2, -0.15) is 4.99 Å². The van der Waals surface area contributed by atoms with Crippen molar-refractivity contribution in [2.75, 3.05) is 0 Å². The van der Waals surface area contributed by atoms with Gasteiger partial charge in [-0.15, -0.1) is 11.3 Å². The number of thiazole rings is 1. The highest BCUT2D eigenvalue weighted by Crippen LogP contribution is 2.28. The number of hydrogen-bond acceptors (Lipinski definition) is 3. The van der Waals surface area contributed by atoms with Gasteiger partial charge in [-0.25, -0.2) is 4.98 Å². The molecule has 1 N–H and O–H groups in total. The molecule has 0 atom stereocenters. The Balaban J connectivity index is 1.74. The lowest BCUT2D eigenvalue weighted by Gasteiger charge is -2.24. The standard InChI is InChI=1S/C18H20N4OS/c1-12-11-24-18(22(12)13-6-3-2-4-7-13)21-17(23)15-10-20-16-14(15)8-5-9-19-16/h5,8-11,13H,2-4,6-7H2,1H3,(H,19,20)/b21-18-. The highest BCUT2D eigenvalue weighted by Gasteiger charge is 2.19. The lowest BCUT2D eigenvalue weighted by atomic mass is 9.95. The van der Waals surface area contributed by atoms with Crippen LogP contribution in [0.3, 0.4) is 0 Å². The van der Waals surface area contributed by atoms with E-state index in [-0.39, 0.29) is 5.91 Å². The van der Waals surface area contributed by atoms with E-state index in [1.165, 1.54) is 37.8 Å². The Morgan fingerprint density at radius 3 is 3.04 bits per heavy atom. The van der Waals surface area contributed by atoms with Gasteiger partial charge in [0, 0.05) is 34.9 Å². The number of carbonyl (C=O) groups excluding carboxylic acids is 1. The van der Waals surface area contributed by atoms with E-state index in [0.717, 1.165) is 15.8 Å². The predicted molar refractivity (Wildman–Crippen MR) is 95.2 cm³/mol. The van der Waals surface area contributed by atoms with Crippen LogP contribution in [-0.2, 0) is 0 Å². The summed E-state index contributed by atoms with van der Waals surface area (Å²) >= 11 is 1.55. The van der Waals surface area contributed by atoms with Gasteiger partial charge < -0.3 is 9.55 Å². The van der Waals surface area contributed by atoms with E-state index in [1.54, 1.807) is 23.7 Å². The molecule has 6 heteroatoms. The number of rotatable bonds is 2. The summed E-state index contributed by atoms with van der Waals surface area (Å²) in [6, 6.07) is 4.21. The van der Waals surface area contributed by atoms with Gasteiger partial charge in [0.2, 0.25) is 0 Å². The van der Waals surface area contributed by atoms with E-state index in [0.29, 0.717) is 11.6 Å². The first kappa shape index (κ1) is 15.3. The summed E-state index contributed by atoms with van der Waals surface area (Å²) in [5.41, 5.74) is 2.50. The fourth-order valence-corrected chi connectivity index (χ4v) is 4.48. The second-order valence-corrected chi connectivity index (χ2v) is 7.18.